The minimum Gasteiger partial charge on any atom is -0.756 e. The number of ether oxygens (including phenoxy) is 5. The van der Waals surface area contributed by atoms with E-state index in [9.17, 15) is 33.4 Å². The second-order valence-electron chi connectivity index (χ2n) is 23.8. The first-order valence-electron chi connectivity index (χ1n) is 32.1. The molecule has 18 nitrogen and oxygen atoms in total. The molecule has 2 aromatic heterocycles. The van der Waals surface area contributed by atoms with Gasteiger partial charge in [0.05, 0.1) is 62.8 Å². The molecule has 0 aliphatic carbocycles. The van der Waals surface area contributed by atoms with E-state index in [1.165, 1.54) is 131 Å². The molecular weight excluding hydrogens is 1160 g/mol. The Bertz CT molecular complexity index is 2680. The van der Waals surface area contributed by atoms with Crippen molar-refractivity contribution in [2.75, 3.05) is 65.6 Å². The van der Waals surface area contributed by atoms with Gasteiger partial charge in [0.25, 0.3) is 13.4 Å². The number of fused-ring (bicyclic) bond motifs is 5. The van der Waals surface area contributed by atoms with Gasteiger partial charge in [-0.1, -0.05) is 208 Å². The van der Waals surface area contributed by atoms with Crippen LogP contribution in [-0.4, -0.2) is 116 Å². The average molecular weight is 1260 g/mol. The molecule has 2 aliphatic heterocycles. The van der Waals surface area contributed by atoms with Crippen molar-refractivity contribution in [2.45, 2.75) is 225 Å². The summed E-state index contributed by atoms with van der Waals surface area (Å²) in [5.41, 5.74) is 0.946. The lowest BCUT2D eigenvalue weighted by Crippen LogP contribution is -2.47. The van der Waals surface area contributed by atoms with Crippen LogP contribution in [0.15, 0.2) is 53.3 Å². The number of cyclic esters (lactones) is 1. The summed E-state index contributed by atoms with van der Waals surface area (Å²) in [6.45, 7) is 5.79. The van der Waals surface area contributed by atoms with Crippen LogP contribution in [0, 0.1) is 0 Å². The van der Waals surface area contributed by atoms with Crippen molar-refractivity contribution in [3.05, 3.63) is 75.6 Å². The van der Waals surface area contributed by atoms with Crippen molar-refractivity contribution < 1.29 is 65.9 Å². The number of unbranched alkanes of at least 4 members (excludes halogenated alkanes) is 23. The molecular formula is C65H101N4O14PS2. The Morgan fingerprint density at radius 2 is 1.34 bits per heavy atom. The van der Waals surface area contributed by atoms with Gasteiger partial charge < -0.3 is 52.0 Å². The van der Waals surface area contributed by atoms with Gasteiger partial charge in [-0.05, 0) is 50.0 Å². The highest BCUT2D eigenvalue weighted by molar-refractivity contribution is 8.76. The fourth-order valence-electron chi connectivity index (χ4n) is 10.7. The first kappa shape index (κ1) is 72.3. The number of nitrogens with one attached hydrogen (secondary N) is 1. The molecule has 1 aromatic carbocycles. The van der Waals surface area contributed by atoms with Crippen LogP contribution >= 0.6 is 29.4 Å². The molecule has 0 fully saturated rings. The molecule has 0 saturated carbocycles. The number of rotatable bonds is 46. The molecule has 2 aliphatic rings. The normalized spacial score (nSPS) is 16.0. The summed E-state index contributed by atoms with van der Waals surface area (Å²) in [6, 6.07) is 10.3. The van der Waals surface area contributed by atoms with E-state index in [2.05, 4.69) is 19.2 Å². The largest absolute Gasteiger partial charge is 0.756 e. The third-order valence-electron chi connectivity index (χ3n) is 15.7. The molecule has 1 N–H and O–H groups in total. The average Bonchev–Trinajstić information content (AvgIpc) is 1.44. The number of quaternary nitrogens is 1. The van der Waals surface area contributed by atoms with Gasteiger partial charge in [-0.15, -0.1) is 0 Å². The van der Waals surface area contributed by atoms with Crippen molar-refractivity contribution in [1.29, 1.82) is 0 Å². The number of aromatic nitrogens is 2. The van der Waals surface area contributed by atoms with Crippen LogP contribution in [0.1, 0.15) is 211 Å². The molecule has 482 valence electrons. The summed E-state index contributed by atoms with van der Waals surface area (Å²) in [4.78, 5) is 85.6. The fourth-order valence-corrected chi connectivity index (χ4v) is 13.1. The molecule has 4 atom stereocenters. The van der Waals surface area contributed by atoms with Crippen molar-refractivity contribution in [3.63, 3.8) is 0 Å². The number of pyridine rings is 2. The number of phosphoric ester groups is 1. The van der Waals surface area contributed by atoms with Crippen LogP contribution in [-0.2, 0) is 65.6 Å². The third-order valence-corrected chi connectivity index (χ3v) is 19.0. The molecule has 0 spiro atoms. The molecule has 21 heteroatoms. The number of likely N-dealkylation sites (N-methyl/N-ethyl adjacent to an activating group) is 1. The minimum atomic E-state index is -4.83. The molecule has 0 bridgehead atoms. The molecule has 3 aromatic rings. The standard InChI is InChI=1S/C65H101N4O14PS2/c1-7-10-12-14-16-18-20-22-24-26-28-30-32-38-58(56(50-81-84(75,76)80-41-40-69(4,5)6)66-59(70)39-33-31-29-27-25-23-21-19-17-15-13-11-8-2)82-63(73)77-42-44-85-86-45-43-78-64(74)83-65(9-3)54-47-57-60-52(46-51-36-34-35-37-55(51)67-60)48-68(57)61(71)53(54)49-79-62(65)72/h32,34-38,46-47,56,58H,7-31,33,39-45,48-50H2,1-6H3,(H-,66,70,75,76)/b38-32+/t56-,58+,65-/m0/s1. The summed E-state index contributed by atoms with van der Waals surface area (Å²) in [5, 5.41) is 3.85. The molecule has 5 rings (SSSR count). The number of phosphoric acid groups is 1. The number of allylic oxidation sites excluding steroid dienone is 1. The van der Waals surface area contributed by atoms with Crippen LogP contribution in [0.3, 0.4) is 0 Å². The Hall–Kier alpha value is -4.43. The highest BCUT2D eigenvalue weighted by atomic mass is 33.1. The number of hydrogen-bond donors (Lipinski definition) is 1. The maximum absolute atomic E-state index is 13.9. The van der Waals surface area contributed by atoms with Gasteiger partial charge >= 0.3 is 18.3 Å². The van der Waals surface area contributed by atoms with Crippen molar-refractivity contribution in [3.8, 4) is 11.4 Å². The number of nitrogens with zero attached hydrogens (tertiary/aromatic N) is 3. The van der Waals surface area contributed by atoms with Gasteiger partial charge in [0.2, 0.25) is 11.5 Å². The van der Waals surface area contributed by atoms with Crippen LogP contribution in [0.5, 0.6) is 0 Å². The van der Waals surface area contributed by atoms with Crippen LogP contribution in [0.25, 0.3) is 22.3 Å². The number of carbonyl (C=O) groups is 4. The fraction of sp³-hybridized carbons (Fsp3) is 0.692. The van der Waals surface area contributed by atoms with Crippen LogP contribution < -0.4 is 15.8 Å². The lowest BCUT2D eigenvalue weighted by molar-refractivity contribution is -0.870. The molecule has 1 amide bonds. The smallest absolute Gasteiger partial charge is 0.509 e. The Morgan fingerprint density at radius 1 is 0.767 bits per heavy atom. The van der Waals surface area contributed by atoms with E-state index in [4.69, 9.17) is 37.7 Å². The van der Waals surface area contributed by atoms with Gasteiger partial charge in [0.1, 0.15) is 39.1 Å². The summed E-state index contributed by atoms with van der Waals surface area (Å²) < 4.78 is 53.8. The Labute approximate surface area is 520 Å². The summed E-state index contributed by atoms with van der Waals surface area (Å²) in [5.74, 6) is -0.484. The number of para-hydroxylation sites is 1. The van der Waals surface area contributed by atoms with Crippen LogP contribution in [0.2, 0.25) is 0 Å². The number of benzene rings is 1. The lowest BCUT2D eigenvalue weighted by Gasteiger charge is -2.35. The number of esters is 1. The van der Waals surface area contributed by atoms with Crippen LogP contribution in [0.4, 0.5) is 9.59 Å². The quantitative estimate of drug-likeness (QED) is 0.00826. The maximum Gasteiger partial charge on any atom is 0.509 e. The van der Waals surface area contributed by atoms with Gasteiger partial charge in [0.15, 0.2) is 0 Å². The lowest BCUT2D eigenvalue weighted by atomic mass is 9.85. The zero-order valence-electron chi connectivity index (χ0n) is 52.6. The number of hydrogen-bond acceptors (Lipinski definition) is 17. The van der Waals surface area contributed by atoms with E-state index in [0.717, 1.165) is 55.0 Å². The first-order chi connectivity index (χ1) is 41.5. The summed E-state index contributed by atoms with van der Waals surface area (Å²) >= 11 is 0. The number of carbonyl (C=O) groups excluding carboxylic acids is 4. The predicted molar refractivity (Wildman–Crippen MR) is 341 cm³/mol. The van der Waals surface area contributed by atoms with E-state index in [1.807, 2.05) is 57.6 Å². The van der Waals surface area contributed by atoms with E-state index in [0.29, 0.717) is 53.3 Å². The Kier molecular flexibility index (Phi) is 33.3. The van der Waals surface area contributed by atoms with Gasteiger partial charge in [-0.25, -0.2) is 19.4 Å². The van der Waals surface area contributed by atoms with Gasteiger partial charge in [0, 0.05) is 34.4 Å². The molecule has 4 heterocycles. The topological polar surface area (TPSA) is 220 Å². The van der Waals surface area contributed by atoms with Gasteiger partial charge in [-0.3, -0.25) is 14.2 Å². The van der Waals surface area contributed by atoms with E-state index < -0.39 is 50.5 Å². The predicted octanol–water partition coefficient (Wildman–Crippen LogP) is 14.6. The molecule has 1 unspecified atom stereocenters. The highest BCUT2D eigenvalue weighted by Crippen LogP contribution is 2.42. The number of amides is 1. The summed E-state index contributed by atoms with van der Waals surface area (Å²) in [7, 11) is 3.61. The second-order valence-corrected chi connectivity index (χ2v) is 27.9. The first-order valence-corrected chi connectivity index (χ1v) is 36.1. The SMILES string of the molecule is CCCCCCCCCCCCC/C=C/[C@@H](OC(=O)OCCSSCCOC(=O)O[C@]1(CC)C(=O)OCc2c1cc1n(c2=O)Cc2cc3ccccc3nc2-1)[C@H](COP(=O)([O-])OCC[N+](C)(C)C)NC(=O)CCCCCCCCCCCCCCC. The molecule has 0 radical (unpaired) electrons. The monoisotopic (exact) mass is 1260 g/mol. The van der Waals surface area contributed by atoms with E-state index >= 15 is 0 Å². The second kappa shape index (κ2) is 39.5. The Morgan fingerprint density at radius 3 is 1.93 bits per heavy atom. The van der Waals surface area contributed by atoms with E-state index in [-0.39, 0.29) is 61.9 Å². The zero-order chi connectivity index (χ0) is 62.1. The van der Waals surface area contributed by atoms with Crippen molar-refractivity contribution in [1.82, 2.24) is 14.9 Å². The minimum absolute atomic E-state index is 0.0183. The molecule has 86 heavy (non-hydrogen) atoms. The molecule has 0 saturated heterocycles. The van der Waals surface area contributed by atoms with E-state index in [1.54, 1.807) is 23.6 Å². The van der Waals surface area contributed by atoms with Crippen molar-refractivity contribution >= 4 is 64.5 Å². The van der Waals surface area contributed by atoms with Gasteiger partial charge in [-0.2, -0.15) is 0 Å². The summed E-state index contributed by atoms with van der Waals surface area (Å²) in [6.07, 6.45) is 29.5. The highest BCUT2D eigenvalue weighted by Gasteiger charge is 2.51. The zero-order valence-corrected chi connectivity index (χ0v) is 55.1. The maximum atomic E-state index is 13.9. The van der Waals surface area contributed by atoms with Crippen molar-refractivity contribution in [2.24, 2.45) is 0 Å². The third kappa shape index (κ3) is 25.6. The Balaban J connectivity index is 1.12.